The smallest absolute Gasteiger partial charge is 0.374 e. The number of Topliss-reactive ketones (excluding diaryl/α,β-unsaturated/α-hetero) is 1. The van der Waals surface area contributed by atoms with Crippen molar-refractivity contribution in [2.45, 2.75) is 25.9 Å². The summed E-state index contributed by atoms with van der Waals surface area (Å²) in [5.41, 5.74) is 1.15. The monoisotopic (exact) mass is 398 g/mol. The Morgan fingerprint density at radius 3 is 2.37 bits per heavy atom. The molecular weight excluding hydrogens is 380 g/mol. The van der Waals surface area contributed by atoms with E-state index >= 15 is 0 Å². The number of aromatic nitrogens is 1. The number of nitrogens with one attached hydrogen (secondary N) is 1. The summed E-state index contributed by atoms with van der Waals surface area (Å²) in [5.74, 6) is -2.60. The van der Waals surface area contributed by atoms with Crippen molar-refractivity contribution in [3.8, 4) is 0 Å². The summed E-state index contributed by atoms with van der Waals surface area (Å²) in [5, 5.41) is 4.28. The van der Waals surface area contributed by atoms with E-state index in [0.717, 1.165) is 12.1 Å². The fourth-order valence-electron chi connectivity index (χ4n) is 2.43. The Morgan fingerprint density at radius 1 is 1.15 bits per heavy atom. The Balaban J connectivity index is 2.11. The molecular formula is C16H18N2O8S. The van der Waals surface area contributed by atoms with Crippen molar-refractivity contribution < 1.29 is 36.7 Å². The van der Waals surface area contributed by atoms with Crippen LogP contribution in [-0.2, 0) is 19.5 Å². The van der Waals surface area contributed by atoms with Crippen molar-refractivity contribution in [2.24, 2.45) is 5.14 Å². The van der Waals surface area contributed by atoms with Crippen LogP contribution in [-0.4, -0.2) is 44.3 Å². The van der Waals surface area contributed by atoms with Crippen LogP contribution in [0.5, 0.6) is 0 Å². The largest absolute Gasteiger partial charge is 0.461 e. The van der Waals surface area contributed by atoms with Gasteiger partial charge in [-0.3, -0.25) is 4.79 Å². The van der Waals surface area contributed by atoms with Crippen LogP contribution in [0.3, 0.4) is 0 Å². The summed E-state index contributed by atoms with van der Waals surface area (Å²) in [7, 11) is -4.10. The predicted octanol–water partition coefficient (Wildman–Crippen LogP) is 1.09. The molecule has 146 valence electrons. The molecule has 0 radical (unpaired) electrons. The number of rotatable bonds is 7. The van der Waals surface area contributed by atoms with Crippen molar-refractivity contribution in [1.29, 1.82) is 0 Å². The van der Waals surface area contributed by atoms with Gasteiger partial charge in [0.25, 0.3) is 10.0 Å². The summed E-state index contributed by atoms with van der Waals surface area (Å²) in [4.78, 5) is 38.9. The molecule has 0 bridgehead atoms. The van der Waals surface area contributed by atoms with Gasteiger partial charge in [0.05, 0.1) is 6.61 Å². The Bertz CT molecular complexity index is 1000. The van der Waals surface area contributed by atoms with Gasteiger partial charge in [-0.25, -0.2) is 23.1 Å². The number of H-pyrrole nitrogens is 1. The molecule has 2 aromatic heterocycles. The van der Waals surface area contributed by atoms with Crippen LogP contribution in [0.15, 0.2) is 21.6 Å². The van der Waals surface area contributed by atoms with Gasteiger partial charge in [0.2, 0.25) is 16.6 Å². The van der Waals surface area contributed by atoms with Crippen molar-refractivity contribution in [2.75, 3.05) is 13.2 Å². The van der Waals surface area contributed by atoms with Gasteiger partial charge in [-0.1, -0.05) is 0 Å². The summed E-state index contributed by atoms with van der Waals surface area (Å²) in [6.45, 7) is 4.36. The number of hydrogen-bond acceptors (Lipinski definition) is 8. The fourth-order valence-corrected chi connectivity index (χ4v) is 2.90. The standard InChI is InChI=1S/C16H18N2O8S/c1-4-24-16(21)14-8(2)13(9(3)18-14)10(19)7-25-15(20)11-5-6-12(26-11)27(17,22)23/h5-6,18H,4,7H2,1-3H3,(H2,17,22,23). The molecule has 2 rings (SSSR count). The molecule has 0 atom stereocenters. The average molecular weight is 398 g/mol. The fraction of sp³-hybridized carbons (Fsp3) is 0.312. The summed E-state index contributed by atoms with van der Waals surface area (Å²) >= 11 is 0. The third kappa shape index (κ3) is 4.44. The molecule has 0 fully saturated rings. The van der Waals surface area contributed by atoms with E-state index in [1.807, 2.05) is 0 Å². The van der Waals surface area contributed by atoms with Crippen LogP contribution in [0.1, 0.15) is 49.6 Å². The number of primary sulfonamides is 1. The SMILES string of the molecule is CCOC(=O)c1[nH]c(C)c(C(=O)COC(=O)c2ccc(S(N)(=O)=O)o2)c1C. The first kappa shape index (κ1) is 20.4. The van der Waals surface area contributed by atoms with Crippen LogP contribution in [0.25, 0.3) is 0 Å². The Hall–Kier alpha value is -2.92. The van der Waals surface area contributed by atoms with E-state index in [1.165, 1.54) is 0 Å². The first-order valence-electron chi connectivity index (χ1n) is 7.75. The lowest BCUT2D eigenvalue weighted by Crippen LogP contribution is -2.15. The maximum Gasteiger partial charge on any atom is 0.374 e. The number of sulfonamides is 1. The highest BCUT2D eigenvalue weighted by Gasteiger charge is 2.24. The molecule has 0 aromatic carbocycles. The van der Waals surface area contributed by atoms with Gasteiger partial charge in [-0.15, -0.1) is 0 Å². The summed E-state index contributed by atoms with van der Waals surface area (Å²) in [6.07, 6.45) is 0. The Morgan fingerprint density at radius 2 is 1.81 bits per heavy atom. The van der Waals surface area contributed by atoms with Gasteiger partial charge in [-0.05, 0) is 38.5 Å². The normalized spacial score (nSPS) is 11.3. The van der Waals surface area contributed by atoms with E-state index in [2.05, 4.69) is 4.98 Å². The van der Waals surface area contributed by atoms with Crippen LogP contribution in [0.2, 0.25) is 0 Å². The maximum atomic E-state index is 12.4. The lowest BCUT2D eigenvalue weighted by atomic mass is 10.1. The first-order valence-corrected chi connectivity index (χ1v) is 9.30. The van der Waals surface area contributed by atoms with Gasteiger partial charge >= 0.3 is 11.9 Å². The molecule has 0 aliphatic heterocycles. The van der Waals surface area contributed by atoms with Crippen LogP contribution < -0.4 is 5.14 Å². The molecule has 0 aliphatic carbocycles. The van der Waals surface area contributed by atoms with E-state index in [1.54, 1.807) is 20.8 Å². The second kappa shape index (κ2) is 7.76. The van der Waals surface area contributed by atoms with Crippen molar-refractivity contribution in [1.82, 2.24) is 4.98 Å². The molecule has 10 nitrogen and oxygen atoms in total. The number of hydrogen-bond donors (Lipinski definition) is 2. The van der Waals surface area contributed by atoms with Crippen LogP contribution in [0.4, 0.5) is 0 Å². The molecule has 0 unspecified atom stereocenters. The topological polar surface area (TPSA) is 159 Å². The zero-order valence-electron chi connectivity index (χ0n) is 14.8. The number of aromatic amines is 1. The molecule has 0 spiro atoms. The quantitative estimate of drug-likeness (QED) is 0.518. The van der Waals surface area contributed by atoms with Gasteiger partial charge in [0.15, 0.2) is 6.61 Å². The number of furan rings is 1. The minimum Gasteiger partial charge on any atom is -0.461 e. The van der Waals surface area contributed by atoms with Crippen molar-refractivity contribution >= 4 is 27.7 Å². The Kier molecular flexibility index (Phi) is 5.86. The van der Waals surface area contributed by atoms with Crippen LogP contribution in [0, 0.1) is 13.8 Å². The molecule has 2 heterocycles. The molecule has 0 amide bonds. The average Bonchev–Trinajstić information content (AvgIpc) is 3.17. The number of carbonyl (C=O) groups is 3. The highest BCUT2D eigenvalue weighted by atomic mass is 32.2. The molecule has 27 heavy (non-hydrogen) atoms. The number of ether oxygens (including phenoxy) is 2. The highest BCUT2D eigenvalue weighted by Crippen LogP contribution is 2.20. The van der Waals surface area contributed by atoms with Gasteiger partial charge < -0.3 is 18.9 Å². The first-order chi connectivity index (χ1) is 12.6. The third-order valence-electron chi connectivity index (χ3n) is 3.59. The minimum absolute atomic E-state index is 0.146. The third-order valence-corrected chi connectivity index (χ3v) is 4.37. The van der Waals surface area contributed by atoms with E-state index < -0.39 is 45.2 Å². The lowest BCUT2D eigenvalue weighted by molar-refractivity contribution is 0.0437. The van der Waals surface area contributed by atoms with E-state index in [9.17, 15) is 22.8 Å². The second-order valence-electron chi connectivity index (χ2n) is 5.51. The predicted molar refractivity (Wildman–Crippen MR) is 90.9 cm³/mol. The van der Waals surface area contributed by atoms with Gasteiger partial charge in [-0.2, -0.15) is 0 Å². The van der Waals surface area contributed by atoms with Crippen molar-refractivity contribution in [3.05, 3.63) is 40.4 Å². The zero-order chi connectivity index (χ0) is 20.4. The molecule has 3 N–H and O–H groups in total. The minimum atomic E-state index is -4.10. The number of nitrogens with two attached hydrogens (primary N) is 1. The van der Waals surface area contributed by atoms with Crippen LogP contribution >= 0.6 is 0 Å². The van der Waals surface area contributed by atoms with E-state index in [-0.39, 0.29) is 17.9 Å². The van der Waals surface area contributed by atoms with E-state index in [4.69, 9.17) is 19.0 Å². The van der Waals surface area contributed by atoms with Gasteiger partial charge in [0.1, 0.15) is 5.69 Å². The lowest BCUT2D eigenvalue weighted by Gasteiger charge is -2.04. The number of esters is 2. The number of aryl methyl sites for hydroxylation is 1. The molecule has 0 saturated heterocycles. The second-order valence-corrected chi connectivity index (χ2v) is 7.00. The molecule has 0 saturated carbocycles. The maximum absolute atomic E-state index is 12.4. The molecule has 2 aromatic rings. The van der Waals surface area contributed by atoms with Crippen molar-refractivity contribution in [3.63, 3.8) is 0 Å². The number of ketones is 1. The Labute approximate surface area is 154 Å². The highest BCUT2D eigenvalue weighted by molar-refractivity contribution is 7.89. The zero-order valence-corrected chi connectivity index (χ0v) is 15.6. The molecule has 11 heteroatoms. The van der Waals surface area contributed by atoms with E-state index in [0.29, 0.717) is 11.3 Å². The summed E-state index contributed by atoms with van der Waals surface area (Å²) < 4.78 is 36.8. The summed E-state index contributed by atoms with van der Waals surface area (Å²) in [6, 6.07) is 2.07. The van der Waals surface area contributed by atoms with Gasteiger partial charge in [0, 0.05) is 11.3 Å². The molecule has 0 aliphatic rings. The number of carbonyl (C=O) groups excluding carboxylic acids is 3.